The predicted octanol–water partition coefficient (Wildman–Crippen LogP) is 2.55. The van der Waals surface area contributed by atoms with Crippen LogP contribution in [-0.4, -0.2) is 27.5 Å². The van der Waals surface area contributed by atoms with Crippen molar-refractivity contribution in [2.24, 2.45) is 0 Å². The summed E-state index contributed by atoms with van der Waals surface area (Å²) in [7, 11) is 0. The molecule has 0 aliphatic carbocycles. The lowest BCUT2D eigenvalue weighted by molar-refractivity contribution is 0.0521. The summed E-state index contributed by atoms with van der Waals surface area (Å²) in [5.74, 6) is -0.522. The van der Waals surface area contributed by atoms with Crippen LogP contribution in [0.15, 0.2) is 10.7 Å². The van der Waals surface area contributed by atoms with Crippen molar-refractivity contribution in [2.75, 3.05) is 6.61 Å². The molecule has 0 bridgehead atoms. The third kappa shape index (κ3) is 1.90. The molecule has 0 saturated carbocycles. The monoisotopic (exact) mass is 303 g/mol. The first kappa shape index (κ1) is 11.3. The highest BCUT2D eigenvalue weighted by Gasteiger charge is 2.18. The SMILES string of the molecule is CCOC(=O)c1nc(Cl)nc2c(Br)c[nH]c12. The van der Waals surface area contributed by atoms with E-state index in [0.717, 1.165) is 4.47 Å². The molecule has 0 radical (unpaired) electrons. The lowest BCUT2D eigenvalue weighted by Crippen LogP contribution is -2.08. The van der Waals surface area contributed by atoms with Gasteiger partial charge >= 0.3 is 5.97 Å². The van der Waals surface area contributed by atoms with E-state index in [-0.39, 0.29) is 17.6 Å². The topological polar surface area (TPSA) is 67.9 Å². The molecule has 0 atom stereocenters. The number of halogens is 2. The Balaban J connectivity index is 2.64. The largest absolute Gasteiger partial charge is 0.461 e. The lowest BCUT2D eigenvalue weighted by Gasteiger charge is -2.02. The van der Waals surface area contributed by atoms with Crippen molar-refractivity contribution in [3.05, 3.63) is 21.6 Å². The van der Waals surface area contributed by atoms with Gasteiger partial charge in [-0.2, -0.15) is 0 Å². The molecule has 7 heteroatoms. The van der Waals surface area contributed by atoms with Gasteiger partial charge in [0.15, 0.2) is 5.69 Å². The number of fused-ring (bicyclic) bond motifs is 1. The average molecular weight is 305 g/mol. The molecule has 0 spiro atoms. The molecular formula is C9H7BrClN3O2. The van der Waals surface area contributed by atoms with Gasteiger partial charge in [-0.3, -0.25) is 0 Å². The molecule has 1 N–H and O–H groups in total. The van der Waals surface area contributed by atoms with Gasteiger partial charge < -0.3 is 9.72 Å². The maximum atomic E-state index is 11.6. The number of rotatable bonds is 2. The molecule has 84 valence electrons. The van der Waals surface area contributed by atoms with Crippen LogP contribution in [0.2, 0.25) is 5.28 Å². The smallest absolute Gasteiger partial charge is 0.359 e. The van der Waals surface area contributed by atoms with Crippen LogP contribution < -0.4 is 0 Å². The third-order valence-electron chi connectivity index (χ3n) is 1.92. The minimum Gasteiger partial charge on any atom is -0.461 e. The van der Waals surface area contributed by atoms with E-state index in [1.807, 2.05) is 0 Å². The number of nitrogens with one attached hydrogen (secondary N) is 1. The highest BCUT2D eigenvalue weighted by atomic mass is 79.9. The van der Waals surface area contributed by atoms with Crippen molar-refractivity contribution < 1.29 is 9.53 Å². The standard InChI is InChI=1S/C9H7BrClN3O2/c1-2-16-8(15)7-6-5(4(10)3-12-6)13-9(11)14-7/h3,12H,2H2,1H3. The van der Waals surface area contributed by atoms with E-state index in [2.05, 4.69) is 30.9 Å². The number of carbonyl (C=O) groups excluding carboxylic acids is 1. The summed E-state index contributed by atoms with van der Waals surface area (Å²) in [5, 5.41) is 0.0100. The number of hydrogen-bond donors (Lipinski definition) is 1. The van der Waals surface area contributed by atoms with E-state index in [0.29, 0.717) is 11.0 Å². The Hall–Kier alpha value is -1.14. The highest BCUT2D eigenvalue weighted by Crippen LogP contribution is 2.25. The zero-order chi connectivity index (χ0) is 11.7. The van der Waals surface area contributed by atoms with E-state index >= 15 is 0 Å². The summed E-state index contributed by atoms with van der Waals surface area (Å²) in [5.41, 5.74) is 1.21. The molecule has 2 heterocycles. The number of aromatic nitrogens is 3. The Kier molecular flexibility index (Phi) is 3.11. The Morgan fingerprint density at radius 3 is 3.06 bits per heavy atom. The second-order valence-electron chi connectivity index (χ2n) is 2.92. The van der Waals surface area contributed by atoms with Gasteiger partial charge in [-0.15, -0.1) is 0 Å². The third-order valence-corrected chi connectivity index (χ3v) is 2.69. The van der Waals surface area contributed by atoms with Crippen LogP contribution in [0.25, 0.3) is 11.0 Å². The number of nitrogens with zero attached hydrogens (tertiary/aromatic N) is 2. The van der Waals surface area contributed by atoms with Crippen LogP contribution >= 0.6 is 27.5 Å². The van der Waals surface area contributed by atoms with Crippen molar-refractivity contribution in [3.63, 3.8) is 0 Å². The molecule has 0 unspecified atom stereocenters. The van der Waals surface area contributed by atoms with Crippen molar-refractivity contribution in [1.29, 1.82) is 0 Å². The van der Waals surface area contributed by atoms with E-state index < -0.39 is 5.97 Å². The van der Waals surface area contributed by atoms with Crippen LogP contribution in [0.4, 0.5) is 0 Å². The normalized spacial score (nSPS) is 10.7. The Labute approximate surface area is 104 Å². The molecule has 0 fully saturated rings. The predicted molar refractivity (Wildman–Crippen MR) is 62.6 cm³/mol. The van der Waals surface area contributed by atoms with Crippen LogP contribution in [0.5, 0.6) is 0 Å². The van der Waals surface area contributed by atoms with Crippen molar-refractivity contribution in [2.45, 2.75) is 6.92 Å². The fraction of sp³-hybridized carbons (Fsp3) is 0.222. The molecule has 0 amide bonds. The van der Waals surface area contributed by atoms with E-state index in [4.69, 9.17) is 16.3 Å². The molecule has 2 aromatic rings. The molecule has 0 aliphatic rings. The summed E-state index contributed by atoms with van der Waals surface area (Å²) >= 11 is 9.02. The molecule has 0 saturated heterocycles. The second-order valence-corrected chi connectivity index (χ2v) is 4.11. The molecule has 16 heavy (non-hydrogen) atoms. The van der Waals surface area contributed by atoms with E-state index in [1.165, 1.54) is 0 Å². The van der Waals surface area contributed by atoms with Crippen molar-refractivity contribution >= 4 is 44.5 Å². The van der Waals surface area contributed by atoms with Gasteiger partial charge in [0.05, 0.1) is 16.6 Å². The summed E-state index contributed by atoms with van der Waals surface area (Å²) in [4.78, 5) is 22.4. The Bertz CT molecular complexity index is 555. The molecule has 0 aromatic carbocycles. The van der Waals surface area contributed by atoms with Gasteiger partial charge in [-0.1, -0.05) is 0 Å². The van der Waals surface area contributed by atoms with Gasteiger partial charge in [0.25, 0.3) is 0 Å². The van der Waals surface area contributed by atoms with Crippen molar-refractivity contribution in [3.8, 4) is 0 Å². The first-order chi connectivity index (χ1) is 7.63. The van der Waals surface area contributed by atoms with Gasteiger partial charge in [0.2, 0.25) is 5.28 Å². The molecule has 0 aliphatic heterocycles. The molecule has 2 rings (SSSR count). The number of esters is 1. The summed E-state index contributed by atoms with van der Waals surface area (Å²) in [6.45, 7) is 2.01. The Morgan fingerprint density at radius 2 is 2.38 bits per heavy atom. The minimum atomic E-state index is -0.522. The highest BCUT2D eigenvalue weighted by molar-refractivity contribution is 9.10. The summed E-state index contributed by atoms with van der Waals surface area (Å²) in [6, 6.07) is 0. The van der Waals surface area contributed by atoms with Gasteiger partial charge in [0.1, 0.15) is 5.52 Å². The number of H-pyrrole nitrogens is 1. The van der Waals surface area contributed by atoms with E-state index in [1.54, 1.807) is 13.1 Å². The lowest BCUT2D eigenvalue weighted by atomic mass is 10.3. The second kappa shape index (κ2) is 4.39. The summed E-state index contributed by atoms with van der Waals surface area (Å²) in [6.07, 6.45) is 1.67. The average Bonchev–Trinajstić information content (AvgIpc) is 2.60. The van der Waals surface area contributed by atoms with Crippen molar-refractivity contribution in [1.82, 2.24) is 15.0 Å². The maximum absolute atomic E-state index is 11.6. The maximum Gasteiger partial charge on any atom is 0.359 e. The number of carbonyl (C=O) groups is 1. The molecular weight excluding hydrogens is 297 g/mol. The summed E-state index contributed by atoms with van der Waals surface area (Å²) < 4.78 is 5.60. The number of ether oxygens (including phenoxy) is 1. The first-order valence-corrected chi connectivity index (χ1v) is 5.67. The quantitative estimate of drug-likeness (QED) is 0.684. The van der Waals surface area contributed by atoms with Crippen LogP contribution in [0.3, 0.4) is 0 Å². The van der Waals surface area contributed by atoms with Gasteiger partial charge in [0, 0.05) is 6.20 Å². The van der Waals surface area contributed by atoms with Crippen LogP contribution in [0, 0.1) is 0 Å². The number of aromatic amines is 1. The minimum absolute atomic E-state index is 0.0100. The Morgan fingerprint density at radius 1 is 1.62 bits per heavy atom. The zero-order valence-corrected chi connectivity index (χ0v) is 10.6. The fourth-order valence-electron chi connectivity index (χ4n) is 1.29. The molecule has 5 nitrogen and oxygen atoms in total. The van der Waals surface area contributed by atoms with E-state index in [9.17, 15) is 4.79 Å². The first-order valence-electron chi connectivity index (χ1n) is 4.50. The molecule has 2 aromatic heterocycles. The zero-order valence-electron chi connectivity index (χ0n) is 8.25. The van der Waals surface area contributed by atoms with Crippen LogP contribution in [0.1, 0.15) is 17.4 Å². The van der Waals surface area contributed by atoms with Crippen LogP contribution in [-0.2, 0) is 4.74 Å². The van der Waals surface area contributed by atoms with Gasteiger partial charge in [-0.05, 0) is 34.5 Å². The van der Waals surface area contributed by atoms with Gasteiger partial charge in [-0.25, -0.2) is 14.8 Å². The number of hydrogen-bond acceptors (Lipinski definition) is 4. The fourth-order valence-corrected chi connectivity index (χ4v) is 1.86.